The van der Waals surface area contributed by atoms with Gasteiger partial charge in [-0.2, -0.15) is 0 Å². The molecule has 0 aromatic heterocycles. The molecule has 0 atom stereocenters. The first-order valence-electron chi connectivity index (χ1n) is 5.42. The van der Waals surface area contributed by atoms with Gasteiger partial charge >= 0.3 is 0 Å². The Labute approximate surface area is 87.0 Å². The molecule has 0 aliphatic carbocycles. The fraction of sp³-hybridized carbons (Fsp3) is 0.818. The minimum atomic E-state index is 0.278. The van der Waals surface area contributed by atoms with E-state index in [1.165, 1.54) is 12.0 Å². The van der Waals surface area contributed by atoms with Crippen molar-refractivity contribution in [2.75, 3.05) is 45.9 Å². The molecule has 0 aromatic rings. The number of aliphatic hydroxyl groups excluding tert-OH is 1. The van der Waals surface area contributed by atoms with Crippen molar-refractivity contribution in [1.82, 2.24) is 9.80 Å². The molecule has 3 nitrogen and oxygen atoms in total. The highest BCUT2D eigenvalue weighted by Gasteiger charge is 2.13. The maximum atomic E-state index is 8.85. The topological polar surface area (TPSA) is 26.7 Å². The van der Waals surface area contributed by atoms with E-state index in [9.17, 15) is 0 Å². The van der Waals surface area contributed by atoms with E-state index >= 15 is 0 Å². The van der Waals surface area contributed by atoms with E-state index in [2.05, 4.69) is 23.3 Å². The zero-order chi connectivity index (χ0) is 10.4. The average Bonchev–Trinajstić information content (AvgIpc) is 2.31. The second-order valence-electron chi connectivity index (χ2n) is 4.15. The second-order valence-corrected chi connectivity index (χ2v) is 4.15. The van der Waals surface area contributed by atoms with Crippen molar-refractivity contribution in [3.63, 3.8) is 0 Å². The Balaban J connectivity index is 2.29. The summed E-state index contributed by atoms with van der Waals surface area (Å²) in [5.74, 6) is 0. The van der Waals surface area contributed by atoms with Gasteiger partial charge in [0.2, 0.25) is 0 Å². The van der Waals surface area contributed by atoms with E-state index in [4.69, 9.17) is 5.11 Å². The smallest absolute Gasteiger partial charge is 0.0558 e. The van der Waals surface area contributed by atoms with Gasteiger partial charge in [0.25, 0.3) is 0 Å². The summed E-state index contributed by atoms with van der Waals surface area (Å²) in [6.07, 6.45) is 1.20. The third kappa shape index (κ3) is 4.22. The Bertz CT molecular complexity index is 182. The van der Waals surface area contributed by atoms with E-state index in [1.807, 2.05) is 0 Å². The van der Waals surface area contributed by atoms with Crippen molar-refractivity contribution in [3.8, 4) is 0 Å². The van der Waals surface area contributed by atoms with Crippen molar-refractivity contribution < 1.29 is 5.11 Å². The van der Waals surface area contributed by atoms with Crippen LogP contribution in [0, 0.1) is 0 Å². The molecule has 1 heterocycles. The van der Waals surface area contributed by atoms with Gasteiger partial charge in [-0.3, -0.25) is 9.80 Å². The predicted octanol–water partition coefficient (Wildman–Crippen LogP) is 0.562. The van der Waals surface area contributed by atoms with Crippen LogP contribution in [-0.4, -0.2) is 60.8 Å². The SMILES string of the molecule is C=C(C)CN1CCCN(CCO)CC1. The lowest BCUT2D eigenvalue weighted by Gasteiger charge is -2.21. The monoisotopic (exact) mass is 198 g/mol. The van der Waals surface area contributed by atoms with E-state index in [-0.39, 0.29) is 6.61 Å². The first kappa shape index (κ1) is 11.7. The van der Waals surface area contributed by atoms with Crippen molar-refractivity contribution in [2.45, 2.75) is 13.3 Å². The molecule has 1 aliphatic heterocycles. The molecule has 0 amide bonds. The van der Waals surface area contributed by atoms with Gasteiger partial charge in [-0.25, -0.2) is 0 Å². The van der Waals surface area contributed by atoms with Crippen molar-refractivity contribution >= 4 is 0 Å². The van der Waals surface area contributed by atoms with Crippen LogP contribution in [0.4, 0.5) is 0 Å². The van der Waals surface area contributed by atoms with Crippen LogP contribution in [0.25, 0.3) is 0 Å². The number of β-amino-alcohol motifs (C(OH)–C–C–N with tert-alkyl or cyclic N) is 1. The number of hydrogen-bond acceptors (Lipinski definition) is 3. The normalized spacial score (nSPS) is 20.7. The van der Waals surface area contributed by atoms with Gasteiger partial charge in [-0.1, -0.05) is 12.2 Å². The van der Waals surface area contributed by atoms with Gasteiger partial charge in [0.1, 0.15) is 0 Å². The van der Waals surface area contributed by atoms with Crippen molar-refractivity contribution in [2.24, 2.45) is 0 Å². The van der Waals surface area contributed by atoms with Crippen molar-refractivity contribution in [3.05, 3.63) is 12.2 Å². The standard InChI is InChI=1S/C11H22N2O/c1-11(2)10-13-5-3-4-12(6-7-13)8-9-14/h14H,1,3-10H2,2H3. The molecule has 0 bridgehead atoms. The third-order valence-electron chi connectivity index (χ3n) is 2.59. The number of hydrogen-bond donors (Lipinski definition) is 1. The highest BCUT2D eigenvalue weighted by atomic mass is 16.3. The zero-order valence-corrected chi connectivity index (χ0v) is 9.21. The molecule has 1 saturated heterocycles. The molecule has 0 aromatic carbocycles. The lowest BCUT2D eigenvalue weighted by Crippen LogP contribution is -2.33. The number of aliphatic hydroxyl groups is 1. The van der Waals surface area contributed by atoms with Gasteiger partial charge in [-0.15, -0.1) is 0 Å². The molecule has 14 heavy (non-hydrogen) atoms. The Morgan fingerprint density at radius 3 is 2.50 bits per heavy atom. The molecule has 1 rings (SSSR count). The predicted molar refractivity (Wildman–Crippen MR) is 59.4 cm³/mol. The lowest BCUT2D eigenvalue weighted by molar-refractivity contribution is 0.198. The summed E-state index contributed by atoms with van der Waals surface area (Å²) in [4.78, 5) is 4.78. The summed E-state index contributed by atoms with van der Waals surface area (Å²) in [5, 5.41) is 8.85. The molecule has 82 valence electrons. The fourth-order valence-electron chi connectivity index (χ4n) is 1.93. The van der Waals surface area contributed by atoms with E-state index in [0.717, 1.165) is 39.3 Å². The minimum Gasteiger partial charge on any atom is -0.395 e. The summed E-state index contributed by atoms with van der Waals surface area (Å²) in [7, 11) is 0. The minimum absolute atomic E-state index is 0.278. The maximum Gasteiger partial charge on any atom is 0.0558 e. The molecule has 0 unspecified atom stereocenters. The Morgan fingerprint density at radius 1 is 1.21 bits per heavy atom. The van der Waals surface area contributed by atoms with Crippen molar-refractivity contribution in [1.29, 1.82) is 0 Å². The quantitative estimate of drug-likeness (QED) is 0.669. The summed E-state index contributed by atoms with van der Waals surface area (Å²) in [5.41, 5.74) is 1.24. The molecule has 1 N–H and O–H groups in total. The van der Waals surface area contributed by atoms with Crippen LogP contribution >= 0.6 is 0 Å². The van der Waals surface area contributed by atoms with Gasteiger partial charge in [0, 0.05) is 26.2 Å². The number of nitrogens with zero attached hydrogens (tertiary/aromatic N) is 2. The maximum absolute atomic E-state index is 8.85. The average molecular weight is 198 g/mol. The Kier molecular flexibility index (Phi) is 5.15. The first-order valence-corrected chi connectivity index (χ1v) is 5.42. The van der Waals surface area contributed by atoms with Gasteiger partial charge in [0.15, 0.2) is 0 Å². The largest absolute Gasteiger partial charge is 0.395 e. The molecule has 3 heteroatoms. The first-order chi connectivity index (χ1) is 6.72. The van der Waals surface area contributed by atoms with Crippen LogP contribution in [0.5, 0.6) is 0 Å². The third-order valence-corrected chi connectivity index (χ3v) is 2.59. The molecular weight excluding hydrogens is 176 g/mol. The van der Waals surface area contributed by atoms with Crippen LogP contribution in [0.3, 0.4) is 0 Å². The van der Waals surface area contributed by atoms with Gasteiger partial charge in [0.05, 0.1) is 6.61 Å². The van der Waals surface area contributed by atoms with Gasteiger partial charge < -0.3 is 5.11 Å². The Hall–Kier alpha value is -0.380. The van der Waals surface area contributed by atoms with Crippen LogP contribution in [0.2, 0.25) is 0 Å². The van der Waals surface area contributed by atoms with E-state index in [1.54, 1.807) is 0 Å². The van der Waals surface area contributed by atoms with Crippen LogP contribution in [0.1, 0.15) is 13.3 Å². The Morgan fingerprint density at radius 2 is 1.86 bits per heavy atom. The van der Waals surface area contributed by atoms with E-state index in [0.29, 0.717) is 0 Å². The van der Waals surface area contributed by atoms with E-state index < -0.39 is 0 Å². The number of rotatable bonds is 4. The van der Waals surface area contributed by atoms with Crippen LogP contribution in [-0.2, 0) is 0 Å². The summed E-state index contributed by atoms with van der Waals surface area (Å²) >= 11 is 0. The zero-order valence-electron chi connectivity index (χ0n) is 9.21. The lowest BCUT2D eigenvalue weighted by atomic mass is 10.3. The summed E-state index contributed by atoms with van der Waals surface area (Å²) in [6.45, 7) is 12.6. The van der Waals surface area contributed by atoms with Crippen LogP contribution < -0.4 is 0 Å². The molecule has 0 radical (unpaired) electrons. The molecule has 1 aliphatic rings. The summed E-state index contributed by atoms with van der Waals surface area (Å²) < 4.78 is 0. The van der Waals surface area contributed by atoms with Crippen LogP contribution in [0.15, 0.2) is 12.2 Å². The highest BCUT2D eigenvalue weighted by Crippen LogP contribution is 2.04. The molecule has 0 saturated carbocycles. The molecule has 1 fully saturated rings. The van der Waals surface area contributed by atoms with Gasteiger partial charge in [-0.05, 0) is 26.4 Å². The summed E-state index contributed by atoms with van der Waals surface area (Å²) in [6, 6.07) is 0. The fourth-order valence-corrected chi connectivity index (χ4v) is 1.93. The molecule has 0 spiro atoms. The highest BCUT2D eigenvalue weighted by molar-refractivity contribution is 4.92. The molecular formula is C11H22N2O. The second kappa shape index (κ2) is 6.17.